The van der Waals surface area contributed by atoms with Crippen LogP contribution in [0, 0.1) is 6.92 Å². The van der Waals surface area contributed by atoms with Crippen LogP contribution in [0.2, 0.25) is 0 Å². The number of hydrogen-bond donors (Lipinski definition) is 1. The van der Waals surface area contributed by atoms with Gasteiger partial charge in [-0.15, -0.1) is 11.3 Å². The molecule has 196 valence electrons. The van der Waals surface area contributed by atoms with Crippen LogP contribution in [0.4, 0.5) is 5.69 Å². The summed E-state index contributed by atoms with van der Waals surface area (Å²) in [7, 11) is 0. The van der Waals surface area contributed by atoms with E-state index in [-0.39, 0.29) is 23.1 Å². The molecular formula is C28H28N4O4S2. The molecule has 3 heterocycles. The molecule has 0 radical (unpaired) electrons. The van der Waals surface area contributed by atoms with Gasteiger partial charge in [0.15, 0.2) is 5.16 Å². The summed E-state index contributed by atoms with van der Waals surface area (Å²) < 4.78 is 7.06. The number of carbonyl (C=O) groups is 2. The second-order valence-corrected chi connectivity index (χ2v) is 11.1. The first-order chi connectivity index (χ1) is 18.3. The van der Waals surface area contributed by atoms with E-state index >= 15 is 0 Å². The zero-order valence-corrected chi connectivity index (χ0v) is 23.1. The number of nitrogens with one attached hydrogen (secondary N) is 1. The van der Waals surface area contributed by atoms with Crippen molar-refractivity contribution in [2.75, 3.05) is 24.2 Å². The molecule has 1 aliphatic heterocycles. The zero-order valence-electron chi connectivity index (χ0n) is 21.4. The van der Waals surface area contributed by atoms with E-state index in [0.29, 0.717) is 52.9 Å². The van der Waals surface area contributed by atoms with E-state index in [2.05, 4.69) is 5.32 Å². The van der Waals surface area contributed by atoms with Gasteiger partial charge in [0.2, 0.25) is 11.8 Å². The van der Waals surface area contributed by atoms with Crippen LogP contribution in [-0.4, -0.2) is 45.2 Å². The largest absolute Gasteiger partial charge is 0.494 e. The van der Waals surface area contributed by atoms with Gasteiger partial charge in [-0.05, 0) is 67.8 Å². The van der Waals surface area contributed by atoms with E-state index in [1.54, 1.807) is 28.5 Å². The Morgan fingerprint density at radius 2 is 1.97 bits per heavy atom. The Kier molecular flexibility index (Phi) is 7.53. The number of anilines is 1. The van der Waals surface area contributed by atoms with E-state index in [1.807, 2.05) is 50.2 Å². The molecule has 10 heteroatoms. The normalized spacial score (nSPS) is 12.9. The number of benzene rings is 2. The quantitative estimate of drug-likeness (QED) is 0.264. The number of nitrogens with zero attached hydrogens (tertiary/aromatic N) is 3. The maximum Gasteiger partial charge on any atom is 0.267 e. The molecule has 8 nitrogen and oxygen atoms in total. The fourth-order valence-corrected chi connectivity index (χ4v) is 6.60. The highest BCUT2D eigenvalue weighted by molar-refractivity contribution is 7.99. The first kappa shape index (κ1) is 26.0. The van der Waals surface area contributed by atoms with Gasteiger partial charge in [-0.1, -0.05) is 23.9 Å². The van der Waals surface area contributed by atoms with Crippen LogP contribution >= 0.6 is 23.1 Å². The van der Waals surface area contributed by atoms with Crippen molar-refractivity contribution in [1.82, 2.24) is 14.5 Å². The lowest BCUT2D eigenvalue weighted by Crippen LogP contribution is -2.34. The molecule has 0 atom stereocenters. The molecule has 0 aliphatic carbocycles. The average molecular weight is 549 g/mol. The summed E-state index contributed by atoms with van der Waals surface area (Å²) in [6, 6.07) is 14.9. The Morgan fingerprint density at radius 1 is 1.18 bits per heavy atom. The third kappa shape index (κ3) is 5.32. The molecule has 2 amide bonds. The fourth-order valence-electron chi connectivity index (χ4n) is 4.51. The number of carbonyl (C=O) groups excluding carboxylic acids is 2. The zero-order chi connectivity index (χ0) is 26.8. The van der Waals surface area contributed by atoms with E-state index in [0.717, 1.165) is 21.8 Å². The maximum absolute atomic E-state index is 14.0. The van der Waals surface area contributed by atoms with Crippen molar-refractivity contribution < 1.29 is 14.3 Å². The SMILES string of the molecule is CCOc1ccc(NC(=O)CSc2nc3sc4c(c3c(=O)n2-c2cccc(C)c2)CCN(C(C)=O)C4)cc1. The van der Waals surface area contributed by atoms with Gasteiger partial charge >= 0.3 is 0 Å². The van der Waals surface area contributed by atoms with Gasteiger partial charge in [-0.2, -0.15) is 0 Å². The summed E-state index contributed by atoms with van der Waals surface area (Å²) in [5.41, 5.74) is 3.22. The maximum atomic E-state index is 14.0. The summed E-state index contributed by atoms with van der Waals surface area (Å²) in [6.45, 7) is 7.10. The number of ether oxygens (including phenoxy) is 1. The number of amides is 2. The molecule has 0 bridgehead atoms. The summed E-state index contributed by atoms with van der Waals surface area (Å²) in [5, 5.41) is 3.96. The van der Waals surface area contributed by atoms with Gasteiger partial charge in [-0.25, -0.2) is 4.98 Å². The Balaban J connectivity index is 1.47. The molecule has 38 heavy (non-hydrogen) atoms. The number of hydrogen-bond acceptors (Lipinski definition) is 7. The second-order valence-electron chi connectivity index (χ2n) is 9.04. The van der Waals surface area contributed by atoms with Crippen LogP contribution in [-0.2, 0) is 22.6 Å². The van der Waals surface area contributed by atoms with Crippen LogP contribution in [0.3, 0.4) is 0 Å². The predicted octanol–water partition coefficient (Wildman–Crippen LogP) is 4.79. The minimum Gasteiger partial charge on any atom is -0.494 e. The van der Waals surface area contributed by atoms with Gasteiger partial charge in [0.05, 0.1) is 30.0 Å². The van der Waals surface area contributed by atoms with Crippen molar-refractivity contribution in [2.24, 2.45) is 0 Å². The standard InChI is InChI=1S/C28H28N4O4S2/c1-4-36-21-10-8-19(9-11-21)29-24(34)16-37-28-30-26-25(22-12-13-31(18(3)33)15-23(22)38-26)27(35)32(28)20-7-5-6-17(2)14-20/h5-11,14H,4,12-13,15-16H2,1-3H3,(H,29,34). The van der Waals surface area contributed by atoms with Crippen LogP contribution in [0.5, 0.6) is 5.75 Å². The van der Waals surface area contributed by atoms with Gasteiger partial charge in [-0.3, -0.25) is 19.0 Å². The van der Waals surface area contributed by atoms with Gasteiger partial charge in [0.25, 0.3) is 5.56 Å². The number of aryl methyl sites for hydroxylation is 1. The Morgan fingerprint density at radius 3 is 2.68 bits per heavy atom. The van der Waals surface area contributed by atoms with Crippen LogP contribution in [0.15, 0.2) is 58.5 Å². The molecule has 2 aromatic carbocycles. The molecule has 1 aliphatic rings. The van der Waals surface area contributed by atoms with Crippen LogP contribution < -0.4 is 15.6 Å². The number of fused-ring (bicyclic) bond motifs is 3. The lowest BCUT2D eigenvalue weighted by atomic mass is 10.1. The average Bonchev–Trinajstić information content (AvgIpc) is 3.26. The lowest BCUT2D eigenvalue weighted by Gasteiger charge is -2.25. The molecule has 0 spiro atoms. The highest BCUT2D eigenvalue weighted by atomic mass is 32.2. The van der Waals surface area contributed by atoms with E-state index in [4.69, 9.17) is 9.72 Å². The van der Waals surface area contributed by atoms with E-state index in [9.17, 15) is 14.4 Å². The second kappa shape index (κ2) is 11.0. The fraction of sp³-hybridized carbons (Fsp3) is 0.286. The molecule has 5 rings (SSSR count). The lowest BCUT2D eigenvalue weighted by molar-refractivity contribution is -0.129. The highest BCUT2D eigenvalue weighted by Gasteiger charge is 2.26. The Labute approximate surface area is 228 Å². The number of rotatable bonds is 7. The van der Waals surface area contributed by atoms with Crippen molar-refractivity contribution >= 4 is 50.8 Å². The smallest absolute Gasteiger partial charge is 0.267 e. The van der Waals surface area contributed by atoms with Crippen LogP contribution in [0.25, 0.3) is 15.9 Å². The van der Waals surface area contributed by atoms with Crippen molar-refractivity contribution in [1.29, 1.82) is 0 Å². The minimum absolute atomic E-state index is 0.0213. The molecule has 0 fully saturated rings. The van der Waals surface area contributed by atoms with Gasteiger partial charge in [0, 0.05) is 24.0 Å². The van der Waals surface area contributed by atoms with Crippen molar-refractivity contribution in [3.63, 3.8) is 0 Å². The molecular weight excluding hydrogens is 520 g/mol. The molecule has 0 saturated heterocycles. The number of thioether (sulfide) groups is 1. The summed E-state index contributed by atoms with van der Waals surface area (Å²) in [5.74, 6) is 0.643. The van der Waals surface area contributed by atoms with Crippen molar-refractivity contribution in [2.45, 2.75) is 38.9 Å². The van der Waals surface area contributed by atoms with Crippen molar-refractivity contribution in [3.8, 4) is 11.4 Å². The van der Waals surface area contributed by atoms with Gasteiger partial charge < -0.3 is 15.0 Å². The summed E-state index contributed by atoms with van der Waals surface area (Å²) in [4.78, 5) is 47.0. The van der Waals surface area contributed by atoms with Gasteiger partial charge in [0.1, 0.15) is 10.6 Å². The van der Waals surface area contributed by atoms with Crippen molar-refractivity contribution in [3.05, 3.63) is 74.9 Å². The topological polar surface area (TPSA) is 93.5 Å². The third-order valence-corrected chi connectivity index (χ3v) is 8.38. The molecule has 4 aromatic rings. The summed E-state index contributed by atoms with van der Waals surface area (Å²) in [6.07, 6.45) is 0.622. The predicted molar refractivity (Wildman–Crippen MR) is 152 cm³/mol. The van der Waals surface area contributed by atoms with Crippen LogP contribution in [0.1, 0.15) is 29.9 Å². The monoisotopic (exact) mass is 548 g/mol. The third-order valence-electron chi connectivity index (χ3n) is 6.33. The number of thiophene rings is 1. The first-order valence-corrected chi connectivity index (χ1v) is 14.2. The highest BCUT2D eigenvalue weighted by Crippen LogP contribution is 2.34. The summed E-state index contributed by atoms with van der Waals surface area (Å²) >= 11 is 2.68. The Hall–Kier alpha value is -3.63. The first-order valence-electron chi connectivity index (χ1n) is 12.4. The molecule has 1 N–H and O–H groups in total. The minimum atomic E-state index is -0.202. The Bertz CT molecular complexity index is 1580. The number of aromatic nitrogens is 2. The van der Waals surface area contributed by atoms with E-state index < -0.39 is 0 Å². The molecule has 0 saturated carbocycles. The van der Waals surface area contributed by atoms with E-state index in [1.165, 1.54) is 23.1 Å². The molecule has 2 aromatic heterocycles. The molecule has 0 unspecified atom stereocenters.